The van der Waals surface area contributed by atoms with Gasteiger partial charge in [-0.25, -0.2) is 13.2 Å². The molecule has 0 atom stereocenters. The number of aromatic amines is 1. The first-order chi connectivity index (χ1) is 6.06. The molecule has 0 aliphatic rings. The minimum absolute atomic E-state index is 0.137. The fourth-order valence-electron chi connectivity index (χ4n) is 0.863. The molecule has 0 saturated carbocycles. The molecule has 2 N–H and O–H groups in total. The first-order valence-electron chi connectivity index (χ1n) is 3.37. The predicted molar refractivity (Wildman–Crippen MR) is 37.9 cm³/mol. The highest BCUT2D eigenvalue weighted by molar-refractivity contribution is 5.19. The molecule has 0 unspecified atom stereocenters. The SMILES string of the molecule is O=c1[nH]c(CO)cc(C(F)F)c1F. The molecule has 0 aliphatic heterocycles. The van der Waals surface area contributed by atoms with E-state index in [9.17, 15) is 18.0 Å². The quantitative estimate of drug-likeness (QED) is 0.734. The third-order valence-electron chi connectivity index (χ3n) is 1.46. The highest BCUT2D eigenvalue weighted by Gasteiger charge is 2.17. The van der Waals surface area contributed by atoms with Crippen molar-refractivity contribution >= 4 is 0 Å². The molecule has 0 spiro atoms. The van der Waals surface area contributed by atoms with Gasteiger partial charge >= 0.3 is 0 Å². The van der Waals surface area contributed by atoms with E-state index >= 15 is 0 Å². The van der Waals surface area contributed by atoms with E-state index in [1.807, 2.05) is 4.98 Å². The van der Waals surface area contributed by atoms with Gasteiger partial charge in [0.25, 0.3) is 12.0 Å². The van der Waals surface area contributed by atoms with E-state index in [0.717, 1.165) is 6.07 Å². The van der Waals surface area contributed by atoms with E-state index in [1.54, 1.807) is 0 Å². The molecular weight excluding hydrogens is 187 g/mol. The summed E-state index contributed by atoms with van der Waals surface area (Å²) in [6.07, 6.45) is -3.06. The predicted octanol–water partition coefficient (Wildman–Crippen LogP) is 0.944. The van der Waals surface area contributed by atoms with E-state index in [0.29, 0.717) is 0 Å². The van der Waals surface area contributed by atoms with Crippen LogP contribution in [-0.2, 0) is 6.61 Å². The molecule has 0 bridgehead atoms. The summed E-state index contributed by atoms with van der Waals surface area (Å²) < 4.78 is 36.8. The molecule has 1 aromatic heterocycles. The maximum absolute atomic E-state index is 12.7. The lowest BCUT2D eigenvalue weighted by molar-refractivity contribution is 0.145. The Morgan fingerprint density at radius 3 is 2.62 bits per heavy atom. The summed E-state index contributed by atoms with van der Waals surface area (Å²) in [6.45, 7) is -0.616. The summed E-state index contributed by atoms with van der Waals surface area (Å²) in [5.74, 6) is -1.51. The lowest BCUT2D eigenvalue weighted by atomic mass is 10.2. The van der Waals surface area contributed by atoms with Gasteiger partial charge in [-0.2, -0.15) is 0 Å². The number of rotatable bonds is 2. The molecule has 1 rings (SSSR count). The maximum atomic E-state index is 12.7. The smallest absolute Gasteiger partial charge is 0.284 e. The van der Waals surface area contributed by atoms with Crippen LogP contribution in [0.3, 0.4) is 0 Å². The Morgan fingerprint density at radius 1 is 1.54 bits per heavy atom. The molecule has 0 saturated heterocycles. The van der Waals surface area contributed by atoms with E-state index in [1.165, 1.54) is 0 Å². The topological polar surface area (TPSA) is 53.1 Å². The van der Waals surface area contributed by atoms with Crippen molar-refractivity contribution in [3.05, 3.63) is 33.5 Å². The second-order valence-corrected chi connectivity index (χ2v) is 2.35. The van der Waals surface area contributed by atoms with Gasteiger partial charge < -0.3 is 10.1 Å². The summed E-state index contributed by atoms with van der Waals surface area (Å²) in [4.78, 5) is 12.6. The Balaban J connectivity index is 3.33. The Labute approximate surface area is 70.8 Å². The largest absolute Gasteiger partial charge is 0.390 e. The molecule has 6 heteroatoms. The normalized spacial score (nSPS) is 10.8. The second-order valence-electron chi connectivity index (χ2n) is 2.35. The number of nitrogens with one attached hydrogen (secondary N) is 1. The average Bonchev–Trinajstić information content (AvgIpc) is 2.09. The van der Waals surface area contributed by atoms with Crippen molar-refractivity contribution in [1.29, 1.82) is 0 Å². The third-order valence-corrected chi connectivity index (χ3v) is 1.46. The number of hydrogen-bond acceptors (Lipinski definition) is 2. The Bertz CT molecular complexity index is 361. The average molecular weight is 193 g/mol. The fraction of sp³-hybridized carbons (Fsp3) is 0.286. The Hall–Kier alpha value is -1.30. The number of pyridine rings is 1. The fourth-order valence-corrected chi connectivity index (χ4v) is 0.863. The number of hydrogen-bond donors (Lipinski definition) is 2. The summed E-state index contributed by atoms with van der Waals surface area (Å²) in [6, 6.07) is 0.724. The van der Waals surface area contributed by atoms with Crippen molar-refractivity contribution in [3.8, 4) is 0 Å². The van der Waals surface area contributed by atoms with Gasteiger partial charge in [-0.15, -0.1) is 0 Å². The zero-order chi connectivity index (χ0) is 10.0. The van der Waals surface area contributed by atoms with Gasteiger partial charge in [0.1, 0.15) is 0 Å². The lowest BCUT2D eigenvalue weighted by Gasteiger charge is -2.02. The first-order valence-corrected chi connectivity index (χ1v) is 3.37. The van der Waals surface area contributed by atoms with Crippen LogP contribution in [0.5, 0.6) is 0 Å². The standard InChI is InChI=1S/C7H6F3NO2/c8-5-4(6(9)10)1-3(2-12)11-7(5)13/h1,6,12H,2H2,(H,11,13). The minimum Gasteiger partial charge on any atom is -0.390 e. The van der Waals surface area contributed by atoms with Gasteiger partial charge in [-0.1, -0.05) is 0 Å². The lowest BCUT2D eigenvalue weighted by Crippen LogP contribution is -2.16. The number of aromatic nitrogens is 1. The molecule has 0 fully saturated rings. The molecular formula is C7H6F3NO2. The van der Waals surface area contributed by atoms with Gasteiger partial charge in [0, 0.05) is 5.69 Å². The van der Waals surface area contributed by atoms with E-state index in [2.05, 4.69) is 0 Å². The molecule has 1 heterocycles. The van der Waals surface area contributed by atoms with Crippen LogP contribution in [0, 0.1) is 5.82 Å². The van der Waals surface area contributed by atoms with Gasteiger partial charge in [0.2, 0.25) is 0 Å². The van der Waals surface area contributed by atoms with Crippen LogP contribution in [0.2, 0.25) is 0 Å². The molecule has 13 heavy (non-hydrogen) atoms. The first kappa shape index (κ1) is 9.79. The van der Waals surface area contributed by atoms with Crippen molar-refractivity contribution < 1.29 is 18.3 Å². The molecule has 0 amide bonds. The number of aliphatic hydroxyl groups excluding tert-OH is 1. The Morgan fingerprint density at radius 2 is 2.15 bits per heavy atom. The van der Waals surface area contributed by atoms with Crippen molar-refractivity contribution in [2.24, 2.45) is 0 Å². The zero-order valence-electron chi connectivity index (χ0n) is 6.35. The number of alkyl halides is 2. The monoisotopic (exact) mass is 193 g/mol. The van der Waals surface area contributed by atoms with E-state index in [-0.39, 0.29) is 5.69 Å². The van der Waals surface area contributed by atoms with Crippen LogP contribution in [0.1, 0.15) is 17.7 Å². The number of H-pyrrole nitrogens is 1. The van der Waals surface area contributed by atoms with Crippen LogP contribution in [0.15, 0.2) is 10.9 Å². The molecule has 0 radical (unpaired) electrons. The van der Waals surface area contributed by atoms with Crippen molar-refractivity contribution in [1.82, 2.24) is 4.98 Å². The maximum Gasteiger partial charge on any atom is 0.284 e. The highest BCUT2D eigenvalue weighted by atomic mass is 19.3. The van der Waals surface area contributed by atoms with Crippen LogP contribution >= 0.6 is 0 Å². The number of halogens is 3. The van der Waals surface area contributed by atoms with E-state index in [4.69, 9.17) is 5.11 Å². The van der Waals surface area contributed by atoms with Crippen LogP contribution in [0.25, 0.3) is 0 Å². The van der Waals surface area contributed by atoms with Gasteiger partial charge in [-0.05, 0) is 6.07 Å². The Kier molecular flexibility index (Phi) is 2.72. The van der Waals surface area contributed by atoms with Crippen LogP contribution < -0.4 is 5.56 Å². The van der Waals surface area contributed by atoms with Crippen molar-refractivity contribution in [3.63, 3.8) is 0 Å². The molecule has 0 aromatic carbocycles. The summed E-state index contributed by atoms with van der Waals surface area (Å²) in [5.41, 5.74) is -2.38. The highest BCUT2D eigenvalue weighted by Crippen LogP contribution is 2.19. The van der Waals surface area contributed by atoms with Crippen molar-refractivity contribution in [2.75, 3.05) is 0 Å². The van der Waals surface area contributed by atoms with Crippen molar-refractivity contribution in [2.45, 2.75) is 13.0 Å². The summed E-state index contributed by atoms with van der Waals surface area (Å²) in [7, 11) is 0. The van der Waals surface area contributed by atoms with Gasteiger partial charge in [-0.3, -0.25) is 4.79 Å². The van der Waals surface area contributed by atoms with Crippen LogP contribution in [-0.4, -0.2) is 10.1 Å². The number of aliphatic hydroxyl groups is 1. The van der Waals surface area contributed by atoms with Gasteiger partial charge in [0.05, 0.1) is 12.2 Å². The second kappa shape index (κ2) is 3.61. The third kappa shape index (κ3) is 1.89. The van der Waals surface area contributed by atoms with Crippen LogP contribution in [0.4, 0.5) is 13.2 Å². The van der Waals surface area contributed by atoms with Gasteiger partial charge in [0.15, 0.2) is 5.82 Å². The molecule has 72 valence electrons. The minimum atomic E-state index is -3.06. The summed E-state index contributed by atoms with van der Waals surface area (Å²) in [5, 5.41) is 8.52. The van der Waals surface area contributed by atoms with E-state index < -0.39 is 30.0 Å². The molecule has 3 nitrogen and oxygen atoms in total. The molecule has 1 aromatic rings. The molecule has 0 aliphatic carbocycles. The summed E-state index contributed by atoms with van der Waals surface area (Å²) >= 11 is 0. The zero-order valence-corrected chi connectivity index (χ0v) is 6.35.